The molecule has 1 aliphatic rings. The average molecular weight is 354 g/mol. The van der Waals surface area contributed by atoms with Gasteiger partial charge in [0.15, 0.2) is 11.5 Å². The van der Waals surface area contributed by atoms with Gasteiger partial charge >= 0.3 is 0 Å². The molecule has 1 amide bonds. The summed E-state index contributed by atoms with van der Waals surface area (Å²) >= 11 is 6.21. The normalized spacial score (nSPS) is 20.8. The van der Waals surface area contributed by atoms with Gasteiger partial charge in [-0.05, 0) is 56.4 Å². The average Bonchev–Trinajstić information content (AvgIpc) is 2.57. The third kappa shape index (κ3) is 5.14. The summed E-state index contributed by atoms with van der Waals surface area (Å²) in [5.41, 5.74) is 0.759. The number of amides is 1. The van der Waals surface area contributed by atoms with Gasteiger partial charge in [0.2, 0.25) is 5.91 Å². The lowest BCUT2D eigenvalue weighted by molar-refractivity contribution is -0.117. The number of methoxy groups -OCH3 is 1. The fourth-order valence-electron chi connectivity index (χ4n) is 2.76. The van der Waals surface area contributed by atoms with Gasteiger partial charge in [0.25, 0.3) is 0 Å². The van der Waals surface area contributed by atoms with Gasteiger partial charge in [-0.15, -0.1) is 0 Å². The lowest BCUT2D eigenvalue weighted by Crippen LogP contribution is -2.37. The zero-order valence-electron chi connectivity index (χ0n) is 14.0. The number of carbonyl (C=O) groups excluding carboxylic acids is 1. The summed E-state index contributed by atoms with van der Waals surface area (Å²) in [5.74, 6) is 0.884. The Morgan fingerprint density at radius 2 is 2.08 bits per heavy atom. The highest BCUT2D eigenvalue weighted by molar-refractivity contribution is 6.32. The number of carbonyl (C=O) groups is 1. The largest absolute Gasteiger partial charge is 0.493 e. The predicted octanol–water partition coefficient (Wildman–Crippen LogP) is 3.18. The van der Waals surface area contributed by atoms with Crippen LogP contribution in [0.3, 0.4) is 0 Å². The quantitative estimate of drug-likeness (QED) is 0.771. The second-order valence-electron chi connectivity index (χ2n) is 5.81. The minimum Gasteiger partial charge on any atom is -0.493 e. The van der Waals surface area contributed by atoms with E-state index in [0.717, 1.165) is 31.2 Å². The van der Waals surface area contributed by atoms with Crippen molar-refractivity contribution in [3.63, 3.8) is 0 Å². The number of rotatable bonds is 6. The van der Waals surface area contributed by atoms with Crippen LogP contribution in [0.15, 0.2) is 18.2 Å². The number of ether oxygens (including phenoxy) is 2. The first-order valence-corrected chi connectivity index (χ1v) is 8.58. The number of hydrogen-bond acceptors (Lipinski definition) is 4. The van der Waals surface area contributed by atoms with Crippen molar-refractivity contribution in [2.45, 2.75) is 44.8 Å². The van der Waals surface area contributed by atoms with Gasteiger partial charge in [-0.1, -0.05) is 11.6 Å². The lowest BCUT2D eigenvalue weighted by atomic mass is 9.93. The standard InChI is InChI=1S/C18H24ClNO4/c1-3-24-18-15(19)10-12(11-16(18)23-2)4-9-17(22)20-13-5-7-14(21)8-6-13/h4,9-11,13-14,21H,3,5-8H2,1-2H3,(H,20,22). The van der Waals surface area contributed by atoms with E-state index in [9.17, 15) is 9.90 Å². The van der Waals surface area contributed by atoms with Crippen LogP contribution in [0.4, 0.5) is 0 Å². The van der Waals surface area contributed by atoms with Gasteiger partial charge in [-0.25, -0.2) is 0 Å². The maximum atomic E-state index is 12.0. The van der Waals surface area contributed by atoms with Gasteiger partial charge in [0.05, 0.1) is 24.8 Å². The Labute approximate surface area is 147 Å². The van der Waals surface area contributed by atoms with Gasteiger partial charge < -0.3 is 19.9 Å². The molecule has 132 valence electrons. The first-order chi connectivity index (χ1) is 11.5. The van der Waals surface area contributed by atoms with Gasteiger partial charge in [-0.2, -0.15) is 0 Å². The lowest BCUT2D eigenvalue weighted by Gasteiger charge is -2.25. The summed E-state index contributed by atoms with van der Waals surface area (Å²) in [6.07, 6.45) is 6.04. The molecule has 0 saturated heterocycles. The van der Waals surface area contributed by atoms with Crippen molar-refractivity contribution in [2.24, 2.45) is 0 Å². The zero-order chi connectivity index (χ0) is 17.5. The maximum absolute atomic E-state index is 12.0. The topological polar surface area (TPSA) is 67.8 Å². The van der Waals surface area contributed by atoms with Gasteiger partial charge in [0, 0.05) is 12.1 Å². The van der Waals surface area contributed by atoms with Crippen LogP contribution < -0.4 is 14.8 Å². The Hall–Kier alpha value is -1.72. The monoisotopic (exact) mass is 353 g/mol. The van der Waals surface area contributed by atoms with E-state index >= 15 is 0 Å². The summed E-state index contributed by atoms with van der Waals surface area (Å²) in [7, 11) is 1.55. The molecule has 0 spiro atoms. The zero-order valence-corrected chi connectivity index (χ0v) is 14.8. The summed E-state index contributed by atoms with van der Waals surface area (Å²) in [5, 5.41) is 12.9. The van der Waals surface area contributed by atoms with Crippen molar-refractivity contribution < 1.29 is 19.4 Å². The minimum atomic E-state index is -0.229. The summed E-state index contributed by atoms with van der Waals surface area (Å²) in [6.45, 7) is 2.36. The Bertz CT molecular complexity index is 595. The molecule has 1 aromatic rings. The number of benzene rings is 1. The van der Waals surface area contributed by atoms with Crippen molar-refractivity contribution in [3.8, 4) is 11.5 Å². The minimum absolute atomic E-state index is 0.129. The van der Waals surface area contributed by atoms with E-state index in [1.54, 1.807) is 25.3 Å². The molecular weight excluding hydrogens is 330 g/mol. The fraction of sp³-hybridized carbons (Fsp3) is 0.500. The Morgan fingerprint density at radius 3 is 2.71 bits per heavy atom. The summed E-state index contributed by atoms with van der Waals surface area (Å²) < 4.78 is 10.8. The summed E-state index contributed by atoms with van der Waals surface area (Å²) in [4.78, 5) is 12.0. The number of aliphatic hydroxyl groups is 1. The van der Waals surface area contributed by atoms with Crippen LogP contribution in [0.2, 0.25) is 5.02 Å². The van der Waals surface area contributed by atoms with Crippen LogP contribution in [0, 0.1) is 0 Å². The molecule has 1 fully saturated rings. The van der Waals surface area contributed by atoms with Crippen LogP contribution in [0.1, 0.15) is 38.2 Å². The Balaban J connectivity index is 2.00. The van der Waals surface area contributed by atoms with Crippen molar-refractivity contribution in [3.05, 3.63) is 28.8 Å². The molecule has 0 heterocycles. The third-order valence-corrected chi connectivity index (χ3v) is 4.29. The van der Waals surface area contributed by atoms with Gasteiger partial charge in [-0.3, -0.25) is 4.79 Å². The molecule has 2 rings (SSSR count). The number of hydrogen-bond donors (Lipinski definition) is 2. The molecular formula is C18H24ClNO4. The maximum Gasteiger partial charge on any atom is 0.244 e. The summed E-state index contributed by atoms with van der Waals surface area (Å²) in [6, 6.07) is 3.64. The van der Waals surface area contributed by atoms with Crippen LogP contribution in [-0.4, -0.2) is 36.9 Å². The molecule has 0 aliphatic heterocycles. The van der Waals surface area contributed by atoms with Crippen molar-refractivity contribution >= 4 is 23.6 Å². The van der Waals surface area contributed by atoms with E-state index in [-0.39, 0.29) is 18.1 Å². The van der Waals surface area contributed by atoms with E-state index in [2.05, 4.69) is 5.32 Å². The fourth-order valence-corrected chi connectivity index (χ4v) is 3.04. The molecule has 0 atom stereocenters. The number of halogens is 1. The highest BCUT2D eigenvalue weighted by atomic mass is 35.5. The third-order valence-electron chi connectivity index (χ3n) is 4.01. The molecule has 1 aliphatic carbocycles. The highest BCUT2D eigenvalue weighted by Gasteiger charge is 2.20. The van der Waals surface area contributed by atoms with E-state index in [1.165, 1.54) is 6.08 Å². The number of aliphatic hydroxyl groups excluding tert-OH is 1. The van der Waals surface area contributed by atoms with E-state index in [1.807, 2.05) is 6.92 Å². The van der Waals surface area contributed by atoms with E-state index < -0.39 is 0 Å². The molecule has 1 saturated carbocycles. The van der Waals surface area contributed by atoms with E-state index in [0.29, 0.717) is 23.1 Å². The van der Waals surface area contributed by atoms with Gasteiger partial charge in [0.1, 0.15) is 0 Å². The van der Waals surface area contributed by atoms with E-state index in [4.69, 9.17) is 21.1 Å². The molecule has 0 radical (unpaired) electrons. The molecule has 2 N–H and O–H groups in total. The molecule has 0 aromatic heterocycles. The van der Waals surface area contributed by atoms with Crippen LogP contribution in [0.5, 0.6) is 11.5 Å². The van der Waals surface area contributed by atoms with Crippen molar-refractivity contribution in [1.29, 1.82) is 0 Å². The molecule has 1 aromatic carbocycles. The van der Waals surface area contributed by atoms with Crippen molar-refractivity contribution in [2.75, 3.05) is 13.7 Å². The van der Waals surface area contributed by atoms with Crippen LogP contribution in [0.25, 0.3) is 6.08 Å². The molecule has 24 heavy (non-hydrogen) atoms. The first-order valence-electron chi connectivity index (χ1n) is 8.20. The molecule has 0 bridgehead atoms. The first kappa shape index (κ1) is 18.6. The van der Waals surface area contributed by atoms with Crippen LogP contribution >= 0.6 is 11.6 Å². The molecule has 0 unspecified atom stereocenters. The molecule has 6 heteroatoms. The van der Waals surface area contributed by atoms with Crippen molar-refractivity contribution in [1.82, 2.24) is 5.32 Å². The number of nitrogens with one attached hydrogen (secondary N) is 1. The van der Waals surface area contributed by atoms with Crippen LogP contribution in [-0.2, 0) is 4.79 Å². The molecule has 5 nitrogen and oxygen atoms in total. The highest BCUT2D eigenvalue weighted by Crippen LogP contribution is 2.36. The SMILES string of the molecule is CCOc1c(Cl)cc(C=CC(=O)NC2CCC(O)CC2)cc1OC. The Kier molecular flexibility index (Phi) is 6.94. The smallest absolute Gasteiger partial charge is 0.244 e. The second-order valence-corrected chi connectivity index (χ2v) is 6.22. The second kappa shape index (κ2) is 8.94. The predicted molar refractivity (Wildman–Crippen MR) is 94.6 cm³/mol. The Morgan fingerprint density at radius 1 is 1.38 bits per heavy atom.